The third-order valence-electron chi connectivity index (χ3n) is 2.59. The molecule has 1 saturated heterocycles. The van der Waals surface area contributed by atoms with Gasteiger partial charge in [-0.3, -0.25) is 4.79 Å². The Hall–Kier alpha value is -0.910. The lowest BCUT2D eigenvalue weighted by Gasteiger charge is -2.14. The Morgan fingerprint density at radius 3 is 2.81 bits per heavy atom. The number of ether oxygens (including phenoxy) is 1. The zero-order chi connectivity index (χ0) is 11.5. The summed E-state index contributed by atoms with van der Waals surface area (Å²) in [6.45, 7) is 0.853. The third-order valence-corrected chi connectivity index (χ3v) is 3.28. The Labute approximate surface area is 102 Å². The Morgan fingerprint density at radius 1 is 1.44 bits per heavy atom. The Balaban J connectivity index is 2.05. The van der Waals surface area contributed by atoms with E-state index in [9.17, 15) is 4.79 Å². The second-order valence-electron chi connectivity index (χ2n) is 3.78. The topological polar surface area (TPSA) is 64.3 Å². The van der Waals surface area contributed by atoms with E-state index in [1.54, 1.807) is 0 Å². The van der Waals surface area contributed by atoms with Crippen LogP contribution in [0, 0.1) is 5.92 Å². The molecule has 2 unspecified atom stereocenters. The molecule has 1 amide bonds. The van der Waals surface area contributed by atoms with Gasteiger partial charge in [-0.05, 0) is 28.1 Å². The molecule has 1 heterocycles. The van der Waals surface area contributed by atoms with Crippen LogP contribution in [0.15, 0.2) is 28.7 Å². The normalized spacial score (nSPS) is 24.4. The first-order valence-corrected chi connectivity index (χ1v) is 5.86. The highest BCUT2D eigenvalue weighted by Crippen LogP contribution is 2.23. The summed E-state index contributed by atoms with van der Waals surface area (Å²) in [5, 5.41) is 2.84. The van der Waals surface area contributed by atoms with E-state index < -0.39 is 0 Å². The van der Waals surface area contributed by atoms with E-state index in [1.807, 2.05) is 24.3 Å². The summed E-state index contributed by atoms with van der Waals surface area (Å²) in [5.41, 5.74) is 6.53. The number of hydrogen-bond donors (Lipinski definition) is 2. The van der Waals surface area contributed by atoms with Crippen molar-refractivity contribution in [1.29, 1.82) is 0 Å². The molecule has 0 aromatic heterocycles. The van der Waals surface area contributed by atoms with Crippen LogP contribution in [0.1, 0.15) is 0 Å². The van der Waals surface area contributed by atoms with Gasteiger partial charge in [0.1, 0.15) is 0 Å². The highest BCUT2D eigenvalue weighted by atomic mass is 79.9. The first-order valence-electron chi connectivity index (χ1n) is 5.07. The molecule has 1 aliphatic heterocycles. The second kappa shape index (κ2) is 4.95. The molecule has 0 saturated carbocycles. The van der Waals surface area contributed by atoms with Crippen LogP contribution >= 0.6 is 15.9 Å². The van der Waals surface area contributed by atoms with E-state index in [4.69, 9.17) is 10.5 Å². The van der Waals surface area contributed by atoms with Crippen LogP contribution in [0.3, 0.4) is 0 Å². The highest BCUT2D eigenvalue weighted by Gasteiger charge is 2.31. The van der Waals surface area contributed by atoms with Gasteiger partial charge in [0.25, 0.3) is 0 Å². The van der Waals surface area contributed by atoms with E-state index in [2.05, 4.69) is 21.2 Å². The molecule has 2 rings (SSSR count). The maximum Gasteiger partial charge on any atom is 0.231 e. The molecule has 1 aromatic carbocycles. The molecule has 16 heavy (non-hydrogen) atoms. The van der Waals surface area contributed by atoms with Crippen molar-refractivity contribution in [2.75, 3.05) is 18.5 Å². The standard InChI is InChI=1S/C11H13BrN2O2/c12-8-3-1-2-4-10(8)14-11(15)7-5-16-6-9(7)13/h1-4,7,9H,5-6,13H2,(H,14,15). The first-order chi connectivity index (χ1) is 7.68. The summed E-state index contributed by atoms with van der Waals surface area (Å²) in [6, 6.07) is 7.27. The van der Waals surface area contributed by atoms with Crippen LogP contribution in [0.4, 0.5) is 5.69 Å². The molecule has 2 atom stereocenters. The van der Waals surface area contributed by atoms with Crippen molar-refractivity contribution < 1.29 is 9.53 Å². The lowest BCUT2D eigenvalue weighted by atomic mass is 10.0. The Bertz CT molecular complexity index is 397. The van der Waals surface area contributed by atoms with E-state index in [1.165, 1.54) is 0 Å². The smallest absolute Gasteiger partial charge is 0.231 e. The summed E-state index contributed by atoms with van der Waals surface area (Å²) in [6.07, 6.45) is 0. The lowest BCUT2D eigenvalue weighted by Crippen LogP contribution is -2.37. The molecule has 86 valence electrons. The van der Waals surface area contributed by atoms with Gasteiger partial charge in [0.2, 0.25) is 5.91 Å². The number of hydrogen-bond acceptors (Lipinski definition) is 3. The van der Waals surface area contributed by atoms with Crippen LogP contribution in [0.5, 0.6) is 0 Å². The minimum atomic E-state index is -0.257. The fourth-order valence-electron chi connectivity index (χ4n) is 1.63. The molecule has 1 aliphatic rings. The van der Waals surface area contributed by atoms with Crippen LogP contribution in [0.2, 0.25) is 0 Å². The monoisotopic (exact) mass is 284 g/mol. The summed E-state index contributed by atoms with van der Waals surface area (Å²) in [7, 11) is 0. The van der Waals surface area contributed by atoms with Gasteiger partial charge in [-0.15, -0.1) is 0 Å². The van der Waals surface area contributed by atoms with Crippen LogP contribution in [-0.4, -0.2) is 25.2 Å². The fraction of sp³-hybridized carbons (Fsp3) is 0.364. The molecule has 1 aromatic rings. The number of para-hydroxylation sites is 1. The fourth-order valence-corrected chi connectivity index (χ4v) is 2.01. The Morgan fingerprint density at radius 2 is 2.19 bits per heavy atom. The molecular formula is C11H13BrN2O2. The molecule has 5 heteroatoms. The van der Waals surface area contributed by atoms with Crippen molar-refractivity contribution in [2.45, 2.75) is 6.04 Å². The van der Waals surface area contributed by atoms with Gasteiger partial charge in [0.15, 0.2) is 0 Å². The molecular weight excluding hydrogens is 272 g/mol. The van der Waals surface area contributed by atoms with E-state index in [0.29, 0.717) is 13.2 Å². The third kappa shape index (κ3) is 2.42. The van der Waals surface area contributed by atoms with Crippen LogP contribution in [-0.2, 0) is 9.53 Å². The van der Waals surface area contributed by atoms with Crippen molar-refractivity contribution in [1.82, 2.24) is 0 Å². The number of carbonyl (C=O) groups is 1. The molecule has 1 fully saturated rings. The summed E-state index contributed by atoms with van der Waals surface area (Å²) in [4.78, 5) is 11.9. The zero-order valence-electron chi connectivity index (χ0n) is 8.65. The SMILES string of the molecule is NC1COCC1C(=O)Nc1ccccc1Br. The zero-order valence-corrected chi connectivity index (χ0v) is 10.2. The number of nitrogens with one attached hydrogen (secondary N) is 1. The van der Waals surface area contributed by atoms with Crippen LogP contribution in [0.25, 0.3) is 0 Å². The predicted molar refractivity (Wildman–Crippen MR) is 65.1 cm³/mol. The van der Waals surface area contributed by atoms with Crippen molar-refractivity contribution in [3.63, 3.8) is 0 Å². The van der Waals surface area contributed by atoms with Gasteiger partial charge in [0, 0.05) is 10.5 Å². The summed E-state index contributed by atoms with van der Waals surface area (Å²) in [5.74, 6) is -0.344. The van der Waals surface area contributed by atoms with Gasteiger partial charge in [-0.2, -0.15) is 0 Å². The second-order valence-corrected chi connectivity index (χ2v) is 4.63. The van der Waals surface area contributed by atoms with E-state index >= 15 is 0 Å². The number of halogens is 1. The number of amides is 1. The van der Waals surface area contributed by atoms with Crippen molar-refractivity contribution >= 4 is 27.5 Å². The Kier molecular flexibility index (Phi) is 3.58. The van der Waals surface area contributed by atoms with E-state index in [0.717, 1.165) is 10.2 Å². The largest absolute Gasteiger partial charge is 0.379 e. The van der Waals surface area contributed by atoms with Gasteiger partial charge >= 0.3 is 0 Å². The summed E-state index contributed by atoms with van der Waals surface area (Å²) >= 11 is 3.37. The number of nitrogens with two attached hydrogens (primary N) is 1. The van der Waals surface area contributed by atoms with Gasteiger partial charge in [0.05, 0.1) is 24.8 Å². The molecule has 3 N–H and O–H groups in total. The van der Waals surface area contributed by atoms with Gasteiger partial charge in [-0.25, -0.2) is 0 Å². The molecule has 0 bridgehead atoms. The average Bonchev–Trinajstić information content (AvgIpc) is 2.68. The minimum absolute atomic E-state index is 0.0862. The number of carbonyl (C=O) groups excluding carboxylic acids is 1. The first kappa shape index (κ1) is 11.6. The molecule has 0 radical (unpaired) electrons. The highest BCUT2D eigenvalue weighted by molar-refractivity contribution is 9.10. The number of anilines is 1. The molecule has 0 aliphatic carbocycles. The van der Waals surface area contributed by atoms with Crippen molar-refractivity contribution in [2.24, 2.45) is 11.7 Å². The molecule has 4 nitrogen and oxygen atoms in total. The average molecular weight is 285 g/mol. The number of benzene rings is 1. The van der Waals surface area contributed by atoms with E-state index in [-0.39, 0.29) is 17.9 Å². The minimum Gasteiger partial charge on any atom is -0.379 e. The van der Waals surface area contributed by atoms with Gasteiger partial charge in [-0.1, -0.05) is 12.1 Å². The lowest BCUT2D eigenvalue weighted by molar-refractivity contribution is -0.120. The maximum absolute atomic E-state index is 11.9. The van der Waals surface area contributed by atoms with Crippen molar-refractivity contribution in [3.8, 4) is 0 Å². The van der Waals surface area contributed by atoms with Crippen molar-refractivity contribution in [3.05, 3.63) is 28.7 Å². The summed E-state index contributed by atoms with van der Waals surface area (Å²) < 4.78 is 6.02. The van der Waals surface area contributed by atoms with Gasteiger partial charge < -0.3 is 15.8 Å². The predicted octanol–water partition coefficient (Wildman–Crippen LogP) is 1.36. The van der Waals surface area contributed by atoms with Crippen LogP contribution < -0.4 is 11.1 Å². The number of rotatable bonds is 2. The quantitative estimate of drug-likeness (QED) is 0.862. The maximum atomic E-state index is 11.9. The molecule has 0 spiro atoms.